The summed E-state index contributed by atoms with van der Waals surface area (Å²) >= 11 is 0. The van der Waals surface area contributed by atoms with Gasteiger partial charge in [0.25, 0.3) is 5.91 Å². The van der Waals surface area contributed by atoms with Crippen molar-refractivity contribution in [2.75, 3.05) is 5.32 Å². The standard InChI is InChI=1S/C14H8F3NO3/c15-7-5-10(16)12(17)11(6-7)18-13(19)8-3-1-2-4-9(8)14(20)21/h1-6H,(H,18,19)(H,20,21). The van der Waals surface area contributed by atoms with Crippen molar-refractivity contribution in [3.8, 4) is 0 Å². The molecular weight excluding hydrogens is 287 g/mol. The Hall–Kier alpha value is -2.83. The van der Waals surface area contributed by atoms with E-state index in [1.807, 2.05) is 5.32 Å². The van der Waals surface area contributed by atoms with Crippen LogP contribution in [-0.2, 0) is 0 Å². The molecule has 0 aromatic heterocycles. The topological polar surface area (TPSA) is 66.4 Å². The zero-order chi connectivity index (χ0) is 15.6. The van der Waals surface area contributed by atoms with Crippen LogP contribution in [0.3, 0.4) is 0 Å². The van der Waals surface area contributed by atoms with Crippen LogP contribution in [0, 0.1) is 17.5 Å². The van der Waals surface area contributed by atoms with Crippen molar-refractivity contribution in [2.24, 2.45) is 0 Å². The van der Waals surface area contributed by atoms with E-state index in [0.717, 1.165) is 0 Å². The van der Waals surface area contributed by atoms with Crippen LogP contribution in [0.4, 0.5) is 18.9 Å². The molecule has 0 aliphatic heterocycles. The number of anilines is 1. The van der Waals surface area contributed by atoms with Crippen LogP contribution in [0.15, 0.2) is 36.4 Å². The van der Waals surface area contributed by atoms with Crippen molar-refractivity contribution in [2.45, 2.75) is 0 Å². The second-order valence-corrected chi connectivity index (χ2v) is 4.05. The first-order valence-electron chi connectivity index (χ1n) is 5.68. The van der Waals surface area contributed by atoms with Gasteiger partial charge in [-0.1, -0.05) is 12.1 Å². The summed E-state index contributed by atoms with van der Waals surface area (Å²) in [6.07, 6.45) is 0. The van der Waals surface area contributed by atoms with Crippen molar-refractivity contribution in [1.82, 2.24) is 0 Å². The Kier molecular flexibility index (Phi) is 3.93. The summed E-state index contributed by atoms with van der Waals surface area (Å²) < 4.78 is 39.5. The number of benzene rings is 2. The molecule has 0 unspecified atom stereocenters. The number of carboxylic acid groups (broad SMARTS) is 1. The highest BCUT2D eigenvalue weighted by molar-refractivity contribution is 6.10. The molecule has 108 valence electrons. The van der Waals surface area contributed by atoms with Gasteiger partial charge in [-0.25, -0.2) is 18.0 Å². The molecule has 0 saturated heterocycles. The summed E-state index contributed by atoms with van der Waals surface area (Å²) in [5, 5.41) is 10.9. The average molecular weight is 295 g/mol. The molecule has 2 N–H and O–H groups in total. The van der Waals surface area contributed by atoms with Gasteiger partial charge in [-0.3, -0.25) is 4.79 Å². The number of hydrogen-bond acceptors (Lipinski definition) is 2. The maximum atomic E-state index is 13.4. The summed E-state index contributed by atoms with van der Waals surface area (Å²) in [6.45, 7) is 0. The Morgan fingerprint density at radius 2 is 1.62 bits per heavy atom. The molecule has 0 fully saturated rings. The van der Waals surface area contributed by atoms with E-state index >= 15 is 0 Å². The van der Waals surface area contributed by atoms with Gasteiger partial charge >= 0.3 is 5.97 Å². The third-order valence-corrected chi connectivity index (χ3v) is 2.64. The number of rotatable bonds is 3. The van der Waals surface area contributed by atoms with Crippen molar-refractivity contribution in [3.05, 3.63) is 65.0 Å². The molecule has 21 heavy (non-hydrogen) atoms. The van der Waals surface area contributed by atoms with Crippen LogP contribution < -0.4 is 5.32 Å². The smallest absolute Gasteiger partial charge is 0.336 e. The first kappa shape index (κ1) is 14.6. The highest BCUT2D eigenvalue weighted by Crippen LogP contribution is 2.20. The van der Waals surface area contributed by atoms with Crippen molar-refractivity contribution in [1.29, 1.82) is 0 Å². The second-order valence-electron chi connectivity index (χ2n) is 4.05. The number of aromatic carboxylic acids is 1. The number of hydrogen-bond donors (Lipinski definition) is 2. The molecule has 0 bridgehead atoms. The first-order valence-corrected chi connectivity index (χ1v) is 5.68. The summed E-state index contributed by atoms with van der Waals surface area (Å²) in [5.41, 5.74) is -1.28. The second kappa shape index (κ2) is 5.66. The van der Waals surface area contributed by atoms with E-state index in [-0.39, 0.29) is 11.1 Å². The van der Waals surface area contributed by atoms with E-state index in [0.29, 0.717) is 12.1 Å². The molecule has 0 saturated carbocycles. The SMILES string of the molecule is O=C(O)c1ccccc1C(=O)Nc1cc(F)cc(F)c1F. The molecular formula is C14H8F3NO3. The van der Waals surface area contributed by atoms with E-state index in [1.165, 1.54) is 24.3 Å². The maximum absolute atomic E-state index is 13.4. The molecule has 0 heterocycles. The van der Waals surface area contributed by atoms with Crippen LogP contribution in [0.5, 0.6) is 0 Å². The molecule has 0 atom stereocenters. The van der Waals surface area contributed by atoms with E-state index in [9.17, 15) is 22.8 Å². The van der Waals surface area contributed by atoms with Crippen LogP contribution in [-0.4, -0.2) is 17.0 Å². The molecule has 2 aromatic carbocycles. The van der Waals surface area contributed by atoms with Gasteiger partial charge < -0.3 is 10.4 Å². The van der Waals surface area contributed by atoms with Gasteiger partial charge in [0.1, 0.15) is 5.82 Å². The molecule has 0 aliphatic carbocycles. The van der Waals surface area contributed by atoms with Gasteiger partial charge in [-0.2, -0.15) is 0 Å². The Labute approximate surface area is 116 Å². The molecule has 2 aromatic rings. The summed E-state index contributed by atoms with van der Waals surface area (Å²) in [5.74, 6) is -6.31. The number of carbonyl (C=O) groups excluding carboxylic acids is 1. The molecule has 7 heteroatoms. The highest BCUT2D eigenvalue weighted by Gasteiger charge is 2.18. The molecule has 0 radical (unpaired) electrons. The molecule has 0 aliphatic rings. The number of carbonyl (C=O) groups is 2. The third-order valence-electron chi connectivity index (χ3n) is 2.64. The fraction of sp³-hybridized carbons (Fsp3) is 0. The monoisotopic (exact) mass is 295 g/mol. The lowest BCUT2D eigenvalue weighted by atomic mass is 10.1. The van der Waals surface area contributed by atoms with E-state index in [2.05, 4.69) is 0 Å². The number of carboxylic acids is 1. The summed E-state index contributed by atoms with van der Waals surface area (Å²) in [6, 6.07) is 6.12. The van der Waals surface area contributed by atoms with Crippen LogP contribution in [0.1, 0.15) is 20.7 Å². The minimum atomic E-state index is -1.46. The van der Waals surface area contributed by atoms with Gasteiger partial charge in [0.15, 0.2) is 11.6 Å². The number of amides is 1. The van der Waals surface area contributed by atoms with Crippen molar-refractivity contribution in [3.63, 3.8) is 0 Å². The minimum Gasteiger partial charge on any atom is -0.478 e. The predicted octanol–water partition coefficient (Wildman–Crippen LogP) is 3.05. The number of nitrogens with one attached hydrogen (secondary N) is 1. The Balaban J connectivity index is 2.38. The predicted molar refractivity (Wildman–Crippen MR) is 67.7 cm³/mol. The molecule has 4 nitrogen and oxygen atoms in total. The zero-order valence-electron chi connectivity index (χ0n) is 10.4. The maximum Gasteiger partial charge on any atom is 0.336 e. The van der Waals surface area contributed by atoms with E-state index in [1.54, 1.807) is 0 Å². The fourth-order valence-corrected chi connectivity index (χ4v) is 1.70. The van der Waals surface area contributed by atoms with Gasteiger partial charge in [0.2, 0.25) is 0 Å². The first-order chi connectivity index (χ1) is 9.90. The number of halogens is 3. The van der Waals surface area contributed by atoms with E-state index in [4.69, 9.17) is 5.11 Å². The van der Waals surface area contributed by atoms with Crippen LogP contribution in [0.25, 0.3) is 0 Å². The van der Waals surface area contributed by atoms with Gasteiger partial charge in [0, 0.05) is 12.1 Å². The lowest BCUT2D eigenvalue weighted by Gasteiger charge is -2.09. The Morgan fingerprint density at radius 3 is 2.24 bits per heavy atom. The van der Waals surface area contributed by atoms with Gasteiger partial charge in [0.05, 0.1) is 16.8 Å². The lowest BCUT2D eigenvalue weighted by molar-refractivity contribution is 0.0692. The zero-order valence-corrected chi connectivity index (χ0v) is 10.4. The highest BCUT2D eigenvalue weighted by atomic mass is 19.2. The third kappa shape index (κ3) is 3.02. The molecule has 0 spiro atoms. The Bertz CT molecular complexity index is 731. The van der Waals surface area contributed by atoms with Crippen LogP contribution in [0.2, 0.25) is 0 Å². The Morgan fingerprint density at radius 1 is 1.00 bits per heavy atom. The van der Waals surface area contributed by atoms with E-state index < -0.39 is 35.0 Å². The van der Waals surface area contributed by atoms with Gasteiger partial charge in [-0.15, -0.1) is 0 Å². The average Bonchev–Trinajstić information content (AvgIpc) is 2.44. The molecule has 2 rings (SSSR count). The quantitative estimate of drug-likeness (QED) is 0.855. The molecule has 1 amide bonds. The van der Waals surface area contributed by atoms with Crippen molar-refractivity contribution < 1.29 is 27.9 Å². The minimum absolute atomic E-state index is 0.255. The largest absolute Gasteiger partial charge is 0.478 e. The normalized spacial score (nSPS) is 10.2. The van der Waals surface area contributed by atoms with Gasteiger partial charge in [-0.05, 0) is 12.1 Å². The lowest BCUT2D eigenvalue weighted by Crippen LogP contribution is -2.17. The summed E-state index contributed by atoms with van der Waals surface area (Å²) in [7, 11) is 0. The summed E-state index contributed by atoms with van der Waals surface area (Å²) in [4.78, 5) is 22.9. The van der Waals surface area contributed by atoms with Crippen LogP contribution >= 0.6 is 0 Å². The van der Waals surface area contributed by atoms with Crippen molar-refractivity contribution >= 4 is 17.6 Å². The fourth-order valence-electron chi connectivity index (χ4n) is 1.70.